The van der Waals surface area contributed by atoms with Crippen molar-refractivity contribution in [1.29, 1.82) is 0 Å². The summed E-state index contributed by atoms with van der Waals surface area (Å²) in [4.78, 5) is 4.60. The molecule has 0 spiro atoms. The summed E-state index contributed by atoms with van der Waals surface area (Å²) in [6.07, 6.45) is 3.93. The lowest BCUT2D eigenvalue weighted by Crippen LogP contribution is -2.04. The first-order valence-corrected chi connectivity index (χ1v) is 10.1. The first kappa shape index (κ1) is 16.6. The average Bonchev–Trinajstić information content (AvgIpc) is 3.06. The Balaban J connectivity index is 1.52. The van der Waals surface area contributed by atoms with Gasteiger partial charge in [-0.25, -0.2) is 9.37 Å². The SMILES string of the molecule is Fc1ccccc1-c1nnc(Sc2nc(C3CC3)ns2)n1Cc1ccco1. The Bertz CT molecular complexity index is 1070. The Labute approximate surface area is 162 Å². The van der Waals surface area contributed by atoms with Crippen LogP contribution in [0.15, 0.2) is 56.6 Å². The zero-order valence-electron chi connectivity index (χ0n) is 14.1. The third kappa shape index (κ3) is 3.40. The van der Waals surface area contributed by atoms with Crippen molar-refractivity contribution in [2.45, 2.75) is 34.8 Å². The number of benzene rings is 1. The minimum absolute atomic E-state index is 0.339. The number of aromatic nitrogens is 5. The van der Waals surface area contributed by atoms with Gasteiger partial charge in [0.1, 0.15) is 17.4 Å². The van der Waals surface area contributed by atoms with E-state index in [1.807, 2.05) is 16.7 Å². The zero-order valence-corrected chi connectivity index (χ0v) is 15.7. The Kier molecular flexibility index (Phi) is 4.25. The third-order valence-electron chi connectivity index (χ3n) is 4.27. The smallest absolute Gasteiger partial charge is 0.199 e. The van der Waals surface area contributed by atoms with E-state index in [1.54, 1.807) is 24.5 Å². The van der Waals surface area contributed by atoms with Crippen LogP contribution >= 0.6 is 23.3 Å². The van der Waals surface area contributed by atoms with Crippen molar-refractivity contribution in [2.75, 3.05) is 0 Å². The molecule has 1 aliphatic rings. The van der Waals surface area contributed by atoms with Crippen molar-refractivity contribution in [2.24, 2.45) is 0 Å². The van der Waals surface area contributed by atoms with Gasteiger partial charge >= 0.3 is 0 Å². The van der Waals surface area contributed by atoms with Crippen LogP contribution in [0.5, 0.6) is 0 Å². The highest BCUT2D eigenvalue weighted by atomic mass is 32.2. The normalized spacial score (nSPS) is 14.0. The van der Waals surface area contributed by atoms with E-state index in [0.29, 0.717) is 29.0 Å². The quantitative estimate of drug-likeness (QED) is 0.472. The number of furan rings is 1. The number of rotatable bonds is 6. The summed E-state index contributed by atoms with van der Waals surface area (Å²) in [7, 11) is 0. The van der Waals surface area contributed by atoms with Gasteiger partial charge in [0.25, 0.3) is 0 Å². The van der Waals surface area contributed by atoms with Crippen molar-refractivity contribution < 1.29 is 8.81 Å². The fourth-order valence-electron chi connectivity index (χ4n) is 2.75. The van der Waals surface area contributed by atoms with E-state index in [-0.39, 0.29) is 5.82 Å². The lowest BCUT2D eigenvalue weighted by Gasteiger charge is -2.08. The second kappa shape index (κ2) is 6.90. The topological polar surface area (TPSA) is 69.6 Å². The summed E-state index contributed by atoms with van der Waals surface area (Å²) in [6, 6.07) is 10.2. The van der Waals surface area contributed by atoms with Crippen LogP contribution in [0.2, 0.25) is 0 Å². The molecule has 0 aliphatic heterocycles. The highest BCUT2D eigenvalue weighted by Crippen LogP contribution is 2.40. The lowest BCUT2D eigenvalue weighted by atomic mass is 10.2. The molecule has 0 unspecified atom stereocenters. The summed E-state index contributed by atoms with van der Waals surface area (Å²) in [5.41, 5.74) is 0.402. The largest absolute Gasteiger partial charge is 0.467 e. The molecule has 136 valence electrons. The molecule has 0 atom stereocenters. The van der Waals surface area contributed by atoms with Crippen LogP contribution in [-0.2, 0) is 6.54 Å². The molecule has 4 aromatic rings. The number of nitrogens with zero attached hydrogens (tertiary/aromatic N) is 5. The van der Waals surface area contributed by atoms with Crippen molar-refractivity contribution in [3.8, 4) is 11.4 Å². The summed E-state index contributed by atoms with van der Waals surface area (Å²) >= 11 is 2.75. The zero-order chi connectivity index (χ0) is 18.2. The first-order chi connectivity index (χ1) is 13.3. The van der Waals surface area contributed by atoms with Crippen molar-refractivity contribution >= 4 is 23.3 Å². The molecular formula is C18H14FN5OS2. The maximum absolute atomic E-state index is 14.3. The van der Waals surface area contributed by atoms with E-state index >= 15 is 0 Å². The molecule has 5 rings (SSSR count). The molecule has 6 nitrogen and oxygen atoms in total. The predicted molar refractivity (Wildman–Crippen MR) is 99.2 cm³/mol. The minimum atomic E-state index is -0.339. The van der Waals surface area contributed by atoms with Crippen LogP contribution in [0, 0.1) is 5.82 Å². The Morgan fingerprint density at radius 3 is 2.85 bits per heavy atom. The molecule has 0 N–H and O–H groups in total. The molecular weight excluding hydrogens is 385 g/mol. The van der Waals surface area contributed by atoms with E-state index < -0.39 is 0 Å². The molecule has 0 bridgehead atoms. The number of halogens is 1. The van der Waals surface area contributed by atoms with E-state index in [9.17, 15) is 4.39 Å². The highest BCUT2D eigenvalue weighted by molar-refractivity contribution is 8.00. The van der Waals surface area contributed by atoms with Gasteiger partial charge in [-0.3, -0.25) is 4.57 Å². The van der Waals surface area contributed by atoms with Gasteiger partial charge in [0.05, 0.1) is 18.4 Å². The van der Waals surface area contributed by atoms with Crippen LogP contribution < -0.4 is 0 Å². The number of hydrogen-bond donors (Lipinski definition) is 0. The fourth-order valence-corrected chi connectivity index (χ4v) is 4.37. The maximum atomic E-state index is 14.3. The molecule has 9 heteroatoms. The van der Waals surface area contributed by atoms with Crippen molar-refractivity contribution in [1.82, 2.24) is 24.1 Å². The second-order valence-electron chi connectivity index (χ2n) is 6.25. The molecule has 3 heterocycles. The summed E-state index contributed by atoms with van der Waals surface area (Å²) in [6.45, 7) is 0.403. The van der Waals surface area contributed by atoms with Gasteiger partial charge in [-0.15, -0.1) is 10.2 Å². The Hall–Kier alpha value is -2.52. The Morgan fingerprint density at radius 1 is 1.19 bits per heavy atom. The van der Waals surface area contributed by atoms with E-state index in [2.05, 4.69) is 19.6 Å². The van der Waals surface area contributed by atoms with Gasteiger partial charge < -0.3 is 4.42 Å². The van der Waals surface area contributed by atoms with Crippen LogP contribution in [0.1, 0.15) is 30.3 Å². The average molecular weight is 399 g/mol. The summed E-state index contributed by atoms with van der Waals surface area (Å²) in [5.74, 6) is 2.28. The molecule has 1 aliphatic carbocycles. The van der Waals surface area contributed by atoms with E-state index in [1.165, 1.54) is 29.4 Å². The second-order valence-corrected chi connectivity index (χ2v) is 8.21. The molecule has 3 aromatic heterocycles. The molecule has 0 saturated heterocycles. The van der Waals surface area contributed by atoms with Crippen LogP contribution in [0.3, 0.4) is 0 Å². The van der Waals surface area contributed by atoms with Gasteiger partial charge in [-0.2, -0.15) is 4.37 Å². The third-order valence-corrected chi connectivity index (χ3v) is 6.02. The van der Waals surface area contributed by atoms with E-state index in [0.717, 1.165) is 28.8 Å². The van der Waals surface area contributed by atoms with Gasteiger partial charge in [0, 0.05) is 5.92 Å². The summed E-state index contributed by atoms with van der Waals surface area (Å²) < 4.78 is 26.9. The minimum Gasteiger partial charge on any atom is -0.467 e. The molecule has 1 saturated carbocycles. The predicted octanol–water partition coefficient (Wildman–Crippen LogP) is 4.61. The van der Waals surface area contributed by atoms with Crippen molar-refractivity contribution in [3.05, 3.63) is 60.1 Å². The number of hydrogen-bond acceptors (Lipinski definition) is 7. The van der Waals surface area contributed by atoms with Gasteiger partial charge in [-0.05, 0) is 60.4 Å². The van der Waals surface area contributed by atoms with Gasteiger partial charge in [-0.1, -0.05) is 12.1 Å². The van der Waals surface area contributed by atoms with Crippen molar-refractivity contribution in [3.63, 3.8) is 0 Å². The molecule has 27 heavy (non-hydrogen) atoms. The molecule has 0 radical (unpaired) electrons. The molecule has 1 fully saturated rings. The first-order valence-electron chi connectivity index (χ1n) is 8.50. The molecule has 1 aromatic carbocycles. The monoisotopic (exact) mass is 399 g/mol. The van der Waals surface area contributed by atoms with Gasteiger partial charge in [0.2, 0.25) is 0 Å². The van der Waals surface area contributed by atoms with Gasteiger partial charge in [0.15, 0.2) is 15.3 Å². The highest BCUT2D eigenvalue weighted by Gasteiger charge is 2.28. The standard InChI is InChI=1S/C18H14FN5OS2/c19-14-6-2-1-5-13(14)16-21-22-17(24(16)10-12-4-3-9-25-12)26-18-20-15(23-27-18)11-7-8-11/h1-6,9,11H,7-8,10H2. The fraction of sp³-hybridized carbons (Fsp3) is 0.222. The Morgan fingerprint density at radius 2 is 2.07 bits per heavy atom. The lowest BCUT2D eigenvalue weighted by molar-refractivity contribution is 0.485. The molecule has 0 amide bonds. The summed E-state index contributed by atoms with van der Waals surface area (Å²) in [5, 5.41) is 9.16. The van der Waals surface area contributed by atoms with Crippen LogP contribution in [0.4, 0.5) is 4.39 Å². The van der Waals surface area contributed by atoms with Crippen LogP contribution in [0.25, 0.3) is 11.4 Å². The van der Waals surface area contributed by atoms with Crippen LogP contribution in [-0.4, -0.2) is 24.1 Å². The van der Waals surface area contributed by atoms with E-state index in [4.69, 9.17) is 4.42 Å². The maximum Gasteiger partial charge on any atom is 0.199 e.